The van der Waals surface area contributed by atoms with Gasteiger partial charge in [-0.3, -0.25) is 0 Å². The Balaban J connectivity index is 2.08. The van der Waals surface area contributed by atoms with Crippen molar-refractivity contribution >= 4 is 10.8 Å². The van der Waals surface area contributed by atoms with Gasteiger partial charge in [-0.2, -0.15) is 0 Å². The minimum absolute atomic E-state index is 0.241. The van der Waals surface area contributed by atoms with E-state index in [1.165, 1.54) is 5.56 Å². The first kappa shape index (κ1) is 16.3. The molecule has 0 N–H and O–H groups in total. The summed E-state index contributed by atoms with van der Waals surface area (Å²) in [6.45, 7) is 2.14. The molecule has 0 unspecified atom stereocenters. The number of fused-ring (bicyclic) bond motifs is 1. The summed E-state index contributed by atoms with van der Waals surface area (Å²) in [5, 5.41) is 1.65. The molecule has 0 radical (unpaired) electrons. The summed E-state index contributed by atoms with van der Waals surface area (Å²) in [6, 6.07) is 15.7. The average Bonchev–Trinajstić information content (AvgIpc) is 2.63. The molecule has 2 aromatic carbocycles. The largest absolute Gasteiger partial charge is 0.497 e. The molecule has 0 amide bonds. The molecule has 1 heterocycles. The molecule has 124 valence electrons. The molecular weight excluding hydrogens is 300 g/mol. The summed E-state index contributed by atoms with van der Waals surface area (Å²) in [5.41, 5.74) is 2.05. The molecule has 0 bridgehead atoms. The summed E-state index contributed by atoms with van der Waals surface area (Å²) in [6.07, 6.45) is 3.62. The van der Waals surface area contributed by atoms with Crippen molar-refractivity contribution in [1.82, 2.24) is 0 Å². The minimum atomic E-state index is -0.241. The zero-order valence-electron chi connectivity index (χ0n) is 14.2. The van der Waals surface area contributed by atoms with Gasteiger partial charge in [-0.25, -0.2) is 4.79 Å². The molecule has 0 saturated heterocycles. The highest BCUT2D eigenvalue weighted by atomic mass is 16.5. The Labute approximate surface area is 141 Å². The van der Waals surface area contributed by atoms with E-state index in [0.29, 0.717) is 5.39 Å². The van der Waals surface area contributed by atoms with Crippen LogP contribution >= 0.6 is 0 Å². The summed E-state index contributed by atoms with van der Waals surface area (Å²) < 4.78 is 10.9. The maximum atomic E-state index is 12.3. The fourth-order valence-electron chi connectivity index (χ4n) is 2.98. The molecule has 3 aromatic rings. The Morgan fingerprint density at radius 1 is 1.00 bits per heavy atom. The van der Waals surface area contributed by atoms with Gasteiger partial charge in [0.2, 0.25) is 0 Å². The number of ether oxygens (including phenoxy) is 1. The molecule has 0 spiro atoms. The second-order valence-corrected chi connectivity index (χ2v) is 5.97. The Hall–Kier alpha value is -2.55. The van der Waals surface area contributed by atoms with Crippen molar-refractivity contribution in [3.63, 3.8) is 0 Å². The van der Waals surface area contributed by atoms with Gasteiger partial charge in [0, 0.05) is 18.4 Å². The molecule has 3 nitrogen and oxygen atoms in total. The van der Waals surface area contributed by atoms with Crippen LogP contribution in [0, 0.1) is 0 Å². The second kappa shape index (κ2) is 7.35. The number of hydrogen-bond acceptors (Lipinski definition) is 3. The van der Waals surface area contributed by atoms with E-state index in [1.54, 1.807) is 7.11 Å². The predicted octanol–water partition coefficient (Wildman–Crippen LogP) is 4.74. The molecule has 0 aliphatic carbocycles. The van der Waals surface area contributed by atoms with Crippen LogP contribution in [0.25, 0.3) is 10.8 Å². The molecule has 24 heavy (non-hydrogen) atoms. The first-order chi connectivity index (χ1) is 11.7. The zero-order chi connectivity index (χ0) is 16.9. The van der Waals surface area contributed by atoms with Crippen molar-refractivity contribution in [3.05, 3.63) is 75.8 Å². The maximum Gasteiger partial charge on any atom is 0.343 e. The van der Waals surface area contributed by atoms with Crippen LogP contribution in [0.4, 0.5) is 0 Å². The van der Waals surface area contributed by atoms with Gasteiger partial charge in [0.1, 0.15) is 11.5 Å². The Morgan fingerprint density at radius 3 is 2.38 bits per heavy atom. The lowest BCUT2D eigenvalue weighted by Gasteiger charge is -2.12. The number of aryl methyl sites for hydroxylation is 1. The van der Waals surface area contributed by atoms with Gasteiger partial charge in [0.15, 0.2) is 0 Å². The van der Waals surface area contributed by atoms with Crippen LogP contribution in [-0.4, -0.2) is 7.11 Å². The third-order valence-electron chi connectivity index (χ3n) is 4.32. The normalized spacial score (nSPS) is 10.9. The first-order valence-corrected chi connectivity index (χ1v) is 8.39. The van der Waals surface area contributed by atoms with Gasteiger partial charge in [-0.15, -0.1) is 0 Å². The van der Waals surface area contributed by atoms with E-state index in [0.717, 1.165) is 48.1 Å². The quantitative estimate of drug-likeness (QED) is 0.658. The monoisotopic (exact) mass is 322 g/mol. The minimum Gasteiger partial charge on any atom is -0.497 e. The number of benzene rings is 2. The standard InChI is InChI=1S/C21H22O3/c1-3-4-9-20-19(14-15-10-12-16(23-2)13-11-15)17-7-5-6-8-18(17)21(22)24-20/h5-8,10-13H,3-4,9,14H2,1-2H3. The molecule has 0 aliphatic rings. The van der Waals surface area contributed by atoms with Crippen LogP contribution in [0.5, 0.6) is 5.75 Å². The van der Waals surface area contributed by atoms with Gasteiger partial charge in [0.05, 0.1) is 12.5 Å². The van der Waals surface area contributed by atoms with Crippen LogP contribution in [-0.2, 0) is 12.8 Å². The fourth-order valence-corrected chi connectivity index (χ4v) is 2.98. The molecule has 3 rings (SSSR count). The molecule has 1 aromatic heterocycles. The SMILES string of the molecule is CCCCc1oc(=O)c2ccccc2c1Cc1ccc(OC)cc1. The molecule has 0 atom stereocenters. The third kappa shape index (κ3) is 3.35. The lowest BCUT2D eigenvalue weighted by atomic mass is 9.96. The van der Waals surface area contributed by atoms with Crippen LogP contribution < -0.4 is 10.4 Å². The van der Waals surface area contributed by atoms with Crippen molar-refractivity contribution in [2.75, 3.05) is 7.11 Å². The van der Waals surface area contributed by atoms with Crippen molar-refractivity contribution < 1.29 is 9.15 Å². The first-order valence-electron chi connectivity index (χ1n) is 8.39. The topological polar surface area (TPSA) is 39.4 Å². The fraction of sp³-hybridized carbons (Fsp3) is 0.286. The third-order valence-corrected chi connectivity index (χ3v) is 4.32. The lowest BCUT2D eigenvalue weighted by Crippen LogP contribution is -2.07. The van der Waals surface area contributed by atoms with Crippen molar-refractivity contribution in [2.45, 2.75) is 32.6 Å². The highest BCUT2D eigenvalue weighted by Crippen LogP contribution is 2.25. The van der Waals surface area contributed by atoms with E-state index in [1.807, 2.05) is 36.4 Å². The molecule has 3 heteroatoms. The van der Waals surface area contributed by atoms with Crippen LogP contribution in [0.2, 0.25) is 0 Å². The van der Waals surface area contributed by atoms with E-state index in [-0.39, 0.29) is 5.63 Å². The van der Waals surface area contributed by atoms with Gasteiger partial charge in [-0.1, -0.05) is 43.7 Å². The zero-order valence-corrected chi connectivity index (χ0v) is 14.2. The number of unbranched alkanes of at least 4 members (excludes halogenated alkanes) is 1. The molecule has 0 fully saturated rings. The van der Waals surface area contributed by atoms with Gasteiger partial charge in [-0.05, 0) is 35.6 Å². The summed E-state index contributed by atoms with van der Waals surface area (Å²) >= 11 is 0. The van der Waals surface area contributed by atoms with Gasteiger partial charge >= 0.3 is 5.63 Å². The number of rotatable bonds is 6. The highest BCUT2D eigenvalue weighted by Gasteiger charge is 2.14. The summed E-state index contributed by atoms with van der Waals surface area (Å²) in [5.74, 6) is 1.66. The lowest BCUT2D eigenvalue weighted by molar-refractivity contribution is 0.414. The van der Waals surface area contributed by atoms with E-state index in [2.05, 4.69) is 19.1 Å². The van der Waals surface area contributed by atoms with Crippen molar-refractivity contribution in [1.29, 1.82) is 0 Å². The molecular formula is C21H22O3. The van der Waals surface area contributed by atoms with Crippen LogP contribution in [0.15, 0.2) is 57.7 Å². The van der Waals surface area contributed by atoms with Crippen molar-refractivity contribution in [3.8, 4) is 5.75 Å². The summed E-state index contributed by atoms with van der Waals surface area (Å²) in [4.78, 5) is 12.3. The van der Waals surface area contributed by atoms with E-state index in [4.69, 9.17) is 9.15 Å². The van der Waals surface area contributed by atoms with Crippen molar-refractivity contribution in [2.24, 2.45) is 0 Å². The number of methoxy groups -OCH3 is 1. The van der Waals surface area contributed by atoms with Crippen LogP contribution in [0.3, 0.4) is 0 Å². The highest BCUT2D eigenvalue weighted by molar-refractivity contribution is 5.85. The number of hydrogen-bond donors (Lipinski definition) is 0. The Kier molecular flexibility index (Phi) is 4.99. The second-order valence-electron chi connectivity index (χ2n) is 5.97. The maximum absolute atomic E-state index is 12.3. The Bertz CT molecular complexity index is 876. The van der Waals surface area contributed by atoms with E-state index < -0.39 is 0 Å². The molecule has 0 saturated carbocycles. The smallest absolute Gasteiger partial charge is 0.343 e. The predicted molar refractivity (Wildman–Crippen MR) is 96.9 cm³/mol. The summed E-state index contributed by atoms with van der Waals surface area (Å²) in [7, 11) is 1.66. The molecule has 0 aliphatic heterocycles. The van der Waals surface area contributed by atoms with Gasteiger partial charge in [0.25, 0.3) is 0 Å². The van der Waals surface area contributed by atoms with Crippen LogP contribution in [0.1, 0.15) is 36.7 Å². The van der Waals surface area contributed by atoms with E-state index >= 15 is 0 Å². The van der Waals surface area contributed by atoms with Gasteiger partial charge < -0.3 is 9.15 Å². The van der Waals surface area contributed by atoms with E-state index in [9.17, 15) is 4.79 Å². The Morgan fingerprint density at radius 2 is 1.71 bits per heavy atom. The average molecular weight is 322 g/mol.